The molecule has 0 radical (unpaired) electrons. The number of carbonyl (C=O) groups excluding carboxylic acids is 1. The van der Waals surface area contributed by atoms with E-state index in [4.69, 9.17) is 19.0 Å². The molecule has 33 heavy (non-hydrogen) atoms. The SMILES string of the molecule is CCCCCCCOC1CCN(S(=O)(=O)C2(C(=O)NOC3CCCCO3)CCOCC2)CC1. The molecule has 1 unspecified atom stereocenters. The van der Waals surface area contributed by atoms with Gasteiger partial charge in [0.1, 0.15) is 0 Å². The van der Waals surface area contributed by atoms with Gasteiger partial charge in [0.25, 0.3) is 5.91 Å². The molecule has 0 spiro atoms. The van der Waals surface area contributed by atoms with Gasteiger partial charge in [0.05, 0.1) is 6.10 Å². The molecule has 192 valence electrons. The van der Waals surface area contributed by atoms with E-state index in [1.165, 1.54) is 30.0 Å². The Balaban J connectivity index is 1.53. The summed E-state index contributed by atoms with van der Waals surface area (Å²) < 4.78 is 44.2. The number of hydrogen-bond donors (Lipinski definition) is 1. The number of hydrogen-bond acceptors (Lipinski definition) is 7. The summed E-state index contributed by atoms with van der Waals surface area (Å²) in [7, 11) is -3.89. The molecule has 3 rings (SSSR count). The van der Waals surface area contributed by atoms with Gasteiger partial charge in [0, 0.05) is 58.8 Å². The molecular formula is C23H42N2O7S. The number of ether oxygens (including phenoxy) is 3. The average molecular weight is 491 g/mol. The van der Waals surface area contributed by atoms with Gasteiger partial charge in [0.2, 0.25) is 10.0 Å². The summed E-state index contributed by atoms with van der Waals surface area (Å²) in [6.07, 6.45) is 9.60. The lowest BCUT2D eigenvalue weighted by molar-refractivity contribution is -0.202. The van der Waals surface area contributed by atoms with Crippen LogP contribution in [0.15, 0.2) is 0 Å². The van der Waals surface area contributed by atoms with Gasteiger partial charge in [-0.25, -0.2) is 23.0 Å². The second-order valence-electron chi connectivity index (χ2n) is 9.34. The second kappa shape index (κ2) is 13.3. The van der Waals surface area contributed by atoms with Gasteiger partial charge in [0.15, 0.2) is 11.0 Å². The number of nitrogens with zero attached hydrogens (tertiary/aromatic N) is 1. The third kappa shape index (κ3) is 7.11. The van der Waals surface area contributed by atoms with Crippen molar-refractivity contribution in [3.63, 3.8) is 0 Å². The molecule has 0 aromatic rings. The monoisotopic (exact) mass is 490 g/mol. The van der Waals surface area contributed by atoms with Crippen molar-refractivity contribution in [2.24, 2.45) is 0 Å². The highest BCUT2D eigenvalue weighted by atomic mass is 32.2. The third-order valence-corrected chi connectivity index (χ3v) is 9.60. The fraction of sp³-hybridized carbons (Fsp3) is 0.957. The molecule has 0 saturated carbocycles. The van der Waals surface area contributed by atoms with Crippen LogP contribution in [0.1, 0.15) is 84.0 Å². The van der Waals surface area contributed by atoms with Crippen LogP contribution in [-0.4, -0.2) is 75.3 Å². The molecule has 3 heterocycles. The minimum absolute atomic E-state index is 0.0777. The molecule has 9 nitrogen and oxygen atoms in total. The molecule has 0 aliphatic carbocycles. The van der Waals surface area contributed by atoms with E-state index in [1.54, 1.807) is 0 Å². The second-order valence-corrected chi connectivity index (χ2v) is 11.6. The number of piperidine rings is 1. The molecule has 3 aliphatic rings. The topological polar surface area (TPSA) is 103 Å². The zero-order chi connectivity index (χ0) is 23.6. The van der Waals surface area contributed by atoms with Crippen molar-refractivity contribution in [3.8, 4) is 0 Å². The predicted molar refractivity (Wildman–Crippen MR) is 124 cm³/mol. The molecular weight excluding hydrogens is 448 g/mol. The first kappa shape index (κ1) is 26.8. The maximum Gasteiger partial charge on any atom is 0.266 e. The molecule has 0 bridgehead atoms. The Labute approximate surface area is 198 Å². The fourth-order valence-corrected chi connectivity index (χ4v) is 6.91. The summed E-state index contributed by atoms with van der Waals surface area (Å²) in [6, 6.07) is 0. The first-order valence-corrected chi connectivity index (χ1v) is 14.2. The molecule has 1 atom stereocenters. The van der Waals surface area contributed by atoms with E-state index in [9.17, 15) is 13.2 Å². The quantitative estimate of drug-likeness (QED) is 0.331. The lowest BCUT2D eigenvalue weighted by Crippen LogP contribution is -2.61. The number of amides is 1. The van der Waals surface area contributed by atoms with Crippen molar-refractivity contribution in [1.29, 1.82) is 0 Å². The van der Waals surface area contributed by atoms with Crippen LogP contribution < -0.4 is 5.48 Å². The van der Waals surface area contributed by atoms with Crippen LogP contribution in [0.3, 0.4) is 0 Å². The maximum atomic E-state index is 13.7. The Bertz CT molecular complexity index is 683. The number of sulfonamides is 1. The Kier molecular flexibility index (Phi) is 10.8. The Hall–Kier alpha value is -0.780. The number of rotatable bonds is 12. The van der Waals surface area contributed by atoms with E-state index in [-0.39, 0.29) is 32.2 Å². The van der Waals surface area contributed by atoms with Crippen LogP contribution in [0.25, 0.3) is 0 Å². The van der Waals surface area contributed by atoms with Gasteiger partial charge in [-0.15, -0.1) is 0 Å². The maximum absolute atomic E-state index is 13.7. The first-order valence-electron chi connectivity index (χ1n) is 12.8. The van der Waals surface area contributed by atoms with Crippen LogP contribution in [0.5, 0.6) is 0 Å². The molecule has 1 N–H and O–H groups in total. The van der Waals surface area contributed by atoms with E-state index in [2.05, 4.69) is 12.4 Å². The van der Waals surface area contributed by atoms with E-state index < -0.39 is 27.0 Å². The van der Waals surface area contributed by atoms with Crippen molar-refractivity contribution < 1.29 is 32.3 Å². The molecule has 1 amide bonds. The van der Waals surface area contributed by atoms with Gasteiger partial charge in [-0.05, 0) is 32.1 Å². The van der Waals surface area contributed by atoms with Crippen molar-refractivity contribution in [1.82, 2.24) is 9.79 Å². The van der Waals surface area contributed by atoms with E-state index >= 15 is 0 Å². The van der Waals surface area contributed by atoms with E-state index in [0.29, 0.717) is 39.0 Å². The number of unbranched alkanes of at least 4 members (excludes halogenated alkanes) is 4. The van der Waals surface area contributed by atoms with Crippen LogP contribution in [0.4, 0.5) is 0 Å². The van der Waals surface area contributed by atoms with Crippen LogP contribution >= 0.6 is 0 Å². The third-order valence-electron chi connectivity index (χ3n) is 6.97. The number of carbonyl (C=O) groups is 1. The van der Waals surface area contributed by atoms with Gasteiger partial charge in [-0.1, -0.05) is 32.6 Å². The van der Waals surface area contributed by atoms with Crippen molar-refractivity contribution >= 4 is 15.9 Å². The minimum Gasteiger partial charge on any atom is -0.381 e. The molecule has 0 aromatic carbocycles. The first-order chi connectivity index (χ1) is 16.0. The lowest BCUT2D eigenvalue weighted by atomic mass is 9.98. The average Bonchev–Trinajstić information content (AvgIpc) is 2.86. The predicted octanol–water partition coefficient (Wildman–Crippen LogP) is 2.89. The zero-order valence-corrected chi connectivity index (χ0v) is 20.9. The van der Waals surface area contributed by atoms with E-state index in [1.807, 2.05) is 0 Å². The van der Waals surface area contributed by atoms with E-state index in [0.717, 1.165) is 25.9 Å². The minimum atomic E-state index is -3.89. The molecule has 3 aliphatic heterocycles. The highest BCUT2D eigenvalue weighted by molar-refractivity contribution is 7.91. The Morgan fingerprint density at radius 1 is 1.03 bits per heavy atom. The van der Waals surface area contributed by atoms with Crippen LogP contribution in [0, 0.1) is 0 Å². The summed E-state index contributed by atoms with van der Waals surface area (Å²) in [4.78, 5) is 18.6. The fourth-order valence-electron chi connectivity index (χ4n) is 4.76. The normalized spacial score (nSPS) is 25.1. The highest BCUT2D eigenvalue weighted by Crippen LogP contribution is 2.34. The van der Waals surface area contributed by atoms with Gasteiger partial charge >= 0.3 is 0 Å². The molecule has 0 aromatic heterocycles. The van der Waals surface area contributed by atoms with Gasteiger partial charge in [-0.3, -0.25) is 4.79 Å². The summed E-state index contributed by atoms with van der Waals surface area (Å²) in [5.74, 6) is -0.620. The van der Waals surface area contributed by atoms with Crippen LogP contribution in [0.2, 0.25) is 0 Å². The number of hydroxylamine groups is 1. The molecule has 10 heteroatoms. The largest absolute Gasteiger partial charge is 0.381 e. The standard InChI is InChI=1S/C23H42N2O7S/c1-2-3-4-5-7-16-30-20-10-14-25(15-11-20)33(27,28)23(12-18-29-19-13-23)22(26)24-32-21-9-6-8-17-31-21/h20-21H,2-19H2,1H3,(H,24,26). The Morgan fingerprint density at radius 2 is 1.76 bits per heavy atom. The number of nitrogens with one attached hydrogen (secondary N) is 1. The Morgan fingerprint density at radius 3 is 2.42 bits per heavy atom. The molecule has 3 saturated heterocycles. The summed E-state index contributed by atoms with van der Waals surface area (Å²) in [6.45, 7) is 4.69. The van der Waals surface area contributed by atoms with Crippen molar-refractivity contribution in [2.75, 3.05) is 39.5 Å². The summed E-state index contributed by atoms with van der Waals surface area (Å²) in [5.41, 5.74) is 2.42. The summed E-state index contributed by atoms with van der Waals surface area (Å²) >= 11 is 0. The van der Waals surface area contributed by atoms with Gasteiger partial charge < -0.3 is 14.2 Å². The smallest absolute Gasteiger partial charge is 0.266 e. The van der Waals surface area contributed by atoms with Crippen molar-refractivity contribution in [2.45, 2.75) is 101 Å². The van der Waals surface area contributed by atoms with Gasteiger partial charge in [-0.2, -0.15) is 0 Å². The van der Waals surface area contributed by atoms with Crippen molar-refractivity contribution in [3.05, 3.63) is 0 Å². The zero-order valence-electron chi connectivity index (χ0n) is 20.1. The lowest BCUT2D eigenvalue weighted by Gasteiger charge is -2.41. The van der Waals surface area contributed by atoms with Crippen LogP contribution in [-0.2, 0) is 33.9 Å². The summed E-state index contributed by atoms with van der Waals surface area (Å²) in [5, 5.41) is 0. The highest BCUT2D eigenvalue weighted by Gasteiger charge is 2.54. The molecule has 3 fully saturated rings.